The smallest absolute Gasteiger partial charge is 0.407 e. The number of nitrogens with one attached hydrogen (secondary N) is 1. The van der Waals surface area contributed by atoms with Gasteiger partial charge in [-0.2, -0.15) is 0 Å². The second kappa shape index (κ2) is 10.9. The number of carbonyl (C=O) groups is 3. The van der Waals surface area contributed by atoms with E-state index in [1.807, 2.05) is 38.1 Å². The maximum Gasteiger partial charge on any atom is 0.407 e. The number of carbonyl (C=O) groups excluding carboxylic acids is 2. The van der Waals surface area contributed by atoms with Crippen molar-refractivity contribution in [3.8, 4) is 11.1 Å². The normalized spacial score (nSPS) is 20.0. The molecule has 0 bridgehead atoms. The summed E-state index contributed by atoms with van der Waals surface area (Å²) in [5, 5.41) is 12.1. The van der Waals surface area contributed by atoms with Gasteiger partial charge in [0.2, 0.25) is 5.91 Å². The summed E-state index contributed by atoms with van der Waals surface area (Å²) < 4.78 is 5.66. The SMILES string of the molecule is CCCCC(NC(=O)OCC1c2ccccc2-c2ccccc21)C(=O)N1CCC(C(=O)O)CC1C. The van der Waals surface area contributed by atoms with E-state index >= 15 is 0 Å². The molecule has 2 aromatic rings. The minimum absolute atomic E-state index is 0.0481. The van der Waals surface area contributed by atoms with Gasteiger partial charge in [0, 0.05) is 18.5 Å². The molecule has 2 aromatic carbocycles. The highest BCUT2D eigenvalue weighted by molar-refractivity contribution is 5.86. The fourth-order valence-electron chi connectivity index (χ4n) is 5.37. The van der Waals surface area contributed by atoms with Gasteiger partial charge >= 0.3 is 12.1 Å². The number of unbranched alkanes of at least 4 members (excludes halogenated alkanes) is 1. The van der Waals surface area contributed by atoms with Crippen molar-refractivity contribution < 1.29 is 24.2 Å². The summed E-state index contributed by atoms with van der Waals surface area (Å²) in [6, 6.07) is 15.4. The molecule has 1 aliphatic heterocycles. The fourth-order valence-corrected chi connectivity index (χ4v) is 5.37. The van der Waals surface area contributed by atoms with E-state index in [0.29, 0.717) is 25.8 Å². The number of hydrogen-bond donors (Lipinski definition) is 2. The standard InChI is InChI=1S/C28H34N2O5/c1-3-4-13-25(26(31)30-15-14-19(27(32)33)16-18(30)2)29-28(34)35-17-24-22-11-7-5-9-20(22)21-10-6-8-12-23(21)24/h5-12,18-19,24-25H,3-4,13-17H2,1-2H3,(H,29,34)(H,32,33). The van der Waals surface area contributed by atoms with Crippen LogP contribution in [-0.4, -0.2) is 53.2 Å². The minimum Gasteiger partial charge on any atom is -0.481 e. The molecule has 1 aliphatic carbocycles. The number of fused-ring (bicyclic) bond motifs is 3. The van der Waals surface area contributed by atoms with Gasteiger partial charge in [-0.3, -0.25) is 9.59 Å². The van der Waals surface area contributed by atoms with Crippen molar-refractivity contribution in [2.75, 3.05) is 13.2 Å². The number of nitrogens with zero attached hydrogens (tertiary/aromatic N) is 1. The van der Waals surface area contributed by atoms with Crippen molar-refractivity contribution in [3.05, 3.63) is 59.7 Å². The quantitative estimate of drug-likeness (QED) is 0.568. The van der Waals surface area contributed by atoms with Crippen LogP contribution in [0.2, 0.25) is 0 Å². The maximum atomic E-state index is 13.3. The predicted octanol–water partition coefficient (Wildman–Crippen LogP) is 4.80. The molecule has 0 saturated carbocycles. The molecular formula is C28H34N2O5. The van der Waals surface area contributed by atoms with Crippen LogP contribution in [0.5, 0.6) is 0 Å². The number of rotatable bonds is 8. The highest BCUT2D eigenvalue weighted by Crippen LogP contribution is 2.44. The lowest BCUT2D eigenvalue weighted by molar-refractivity contribution is -0.148. The van der Waals surface area contributed by atoms with E-state index in [1.54, 1.807) is 4.90 Å². The van der Waals surface area contributed by atoms with E-state index in [1.165, 1.54) is 0 Å². The molecule has 186 valence electrons. The van der Waals surface area contributed by atoms with Gasteiger partial charge < -0.3 is 20.1 Å². The molecule has 0 aromatic heterocycles. The third kappa shape index (κ3) is 5.34. The summed E-state index contributed by atoms with van der Waals surface area (Å²) >= 11 is 0. The number of hydrogen-bond acceptors (Lipinski definition) is 4. The summed E-state index contributed by atoms with van der Waals surface area (Å²) in [5.74, 6) is -1.46. The van der Waals surface area contributed by atoms with Crippen LogP contribution < -0.4 is 5.32 Å². The molecular weight excluding hydrogens is 444 g/mol. The van der Waals surface area contributed by atoms with Crippen molar-refractivity contribution in [2.24, 2.45) is 5.92 Å². The third-order valence-electron chi connectivity index (χ3n) is 7.29. The number of ether oxygens (including phenoxy) is 1. The average Bonchev–Trinajstić information content (AvgIpc) is 3.18. The lowest BCUT2D eigenvalue weighted by Crippen LogP contribution is -2.54. The van der Waals surface area contributed by atoms with E-state index in [4.69, 9.17) is 4.74 Å². The monoisotopic (exact) mass is 478 g/mol. The van der Waals surface area contributed by atoms with Crippen LogP contribution in [0.4, 0.5) is 4.79 Å². The number of carboxylic acids is 1. The highest BCUT2D eigenvalue weighted by atomic mass is 16.5. The minimum atomic E-state index is -0.816. The molecule has 1 saturated heterocycles. The second-order valence-electron chi connectivity index (χ2n) is 9.60. The van der Waals surface area contributed by atoms with Crippen LogP contribution in [0.1, 0.15) is 63.0 Å². The number of amides is 2. The molecule has 7 nitrogen and oxygen atoms in total. The largest absolute Gasteiger partial charge is 0.481 e. The van der Waals surface area contributed by atoms with E-state index in [0.717, 1.165) is 35.1 Å². The van der Waals surface area contributed by atoms with Gasteiger partial charge in [0.1, 0.15) is 12.6 Å². The first-order valence-corrected chi connectivity index (χ1v) is 12.6. The molecule has 7 heteroatoms. The van der Waals surface area contributed by atoms with Crippen molar-refractivity contribution in [3.63, 3.8) is 0 Å². The molecule has 3 unspecified atom stereocenters. The molecule has 4 rings (SSSR count). The first-order chi connectivity index (χ1) is 16.9. The van der Waals surface area contributed by atoms with Gasteiger partial charge in [-0.25, -0.2) is 4.79 Å². The molecule has 0 radical (unpaired) electrons. The van der Waals surface area contributed by atoms with Crippen molar-refractivity contribution in [1.29, 1.82) is 0 Å². The van der Waals surface area contributed by atoms with Gasteiger partial charge in [-0.15, -0.1) is 0 Å². The van der Waals surface area contributed by atoms with E-state index in [9.17, 15) is 19.5 Å². The number of alkyl carbamates (subject to hydrolysis) is 1. The summed E-state index contributed by atoms with van der Waals surface area (Å²) in [4.78, 5) is 39.2. The van der Waals surface area contributed by atoms with Crippen LogP contribution in [0, 0.1) is 5.92 Å². The van der Waals surface area contributed by atoms with E-state index < -0.39 is 24.0 Å². The molecule has 2 aliphatic rings. The van der Waals surface area contributed by atoms with E-state index in [2.05, 4.69) is 29.6 Å². The Hall–Kier alpha value is -3.35. The number of benzene rings is 2. The zero-order valence-electron chi connectivity index (χ0n) is 20.4. The Bertz CT molecular complexity index is 1040. The number of aliphatic carboxylic acids is 1. The zero-order chi connectivity index (χ0) is 24.9. The summed E-state index contributed by atoms with van der Waals surface area (Å²) in [6.07, 6.45) is 2.45. The van der Waals surface area contributed by atoms with E-state index in [-0.39, 0.29) is 24.5 Å². The Kier molecular flexibility index (Phi) is 7.73. The summed E-state index contributed by atoms with van der Waals surface area (Å²) in [6.45, 7) is 4.48. The number of piperidine rings is 1. The second-order valence-corrected chi connectivity index (χ2v) is 9.60. The third-order valence-corrected chi connectivity index (χ3v) is 7.29. The maximum absolute atomic E-state index is 13.3. The molecule has 2 N–H and O–H groups in total. The Morgan fingerprint density at radius 1 is 1.09 bits per heavy atom. The lowest BCUT2D eigenvalue weighted by atomic mass is 9.91. The van der Waals surface area contributed by atoms with Crippen LogP contribution in [0.3, 0.4) is 0 Å². The first kappa shape index (κ1) is 24.8. The Labute approximate surface area is 206 Å². The van der Waals surface area contributed by atoms with Gasteiger partial charge in [-0.1, -0.05) is 68.3 Å². The average molecular weight is 479 g/mol. The number of carboxylic acid groups (broad SMARTS) is 1. The Morgan fingerprint density at radius 3 is 2.29 bits per heavy atom. The van der Waals surface area contributed by atoms with Gasteiger partial charge in [0.15, 0.2) is 0 Å². The van der Waals surface area contributed by atoms with Crippen molar-refractivity contribution in [1.82, 2.24) is 10.2 Å². The van der Waals surface area contributed by atoms with Gasteiger partial charge in [0.05, 0.1) is 5.92 Å². The van der Waals surface area contributed by atoms with Crippen LogP contribution in [0.25, 0.3) is 11.1 Å². The summed E-state index contributed by atoms with van der Waals surface area (Å²) in [5.41, 5.74) is 4.59. The number of likely N-dealkylation sites (tertiary alicyclic amines) is 1. The van der Waals surface area contributed by atoms with Crippen LogP contribution in [0.15, 0.2) is 48.5 Å². The van der Waals surface area contributed by atoms with Crippen molar-refractivity contribution >= 4 is 18.0 Å². The molecule has 1 heterocycles. The first-order valence-electron chi connectivity index (χ1n) is 12.6. The highest BCUT2D eigenvalue weighted by Gasteiger charge is 2.36. The topological polar surface area (TPSA) is 95.9 Å². The fraction of sp³-hybridized carbons (Fsp3) is 0.464. The van der Waals surface area contributed by atoms with Crippen LogP contribution in [-0.2, 0) is 14.3 Å². The Balaban J connectivity index is 1.40. The Morgan fingerprint density at radius 2 is 1.71 bits per heavy atom. The van der Waals surface area contributed by atoms with Gasteiger partial charge in [0.25, 0.3) is 0 Å². The lowest BCUT2D eigenvalue weighted by Gasteiger charge is -2.38. The summed E-state index contributed by atoms with van der Waals surface area (Å²) in [7, 11) is 0. The molecule has 0 spiro atoms. The molecule has 1 fully saturated rings. The van der Waals surface area contributed by atoms with Crippen LogP contribution >= 0.6 is 0 Å². The van der Waals surface area contributed by atoms with Crippen molar-refractivity contribution in [2.45, 2.75) is 64.0 Å². The van der Waals surface area contributed by atoms with Gasteiger partial charge in [-0.05, 0) is 48.4 Å². The predicted molar refractivity (Wildman–Crippen MR) is 133 cm³/mol. The molecule has 2 amide bonds. The molecule has 3 atom stereocenters. The zero-order valence-corrected chi connectivity index (χ0v) is 20.4. The molecule has 35 heavy (non-hydrogen) atoms.